The van der Waals surface area contributed by atoms with E-state index in [1.165, 1.54) is 0 Å². The van der Waals surface area contributed by atoms with E-state index in [2.05, 4.69) is 5.32 Å². The Morgan fingerprint density at radius 1 is 1.37 bits per heavy atom. The van der Waals surface area contributed by atoms with Gasteiger partial charge in [0.05, 0.1) is 5.69 Å². The lowest BCUT2D eigenvalue weighted by molar-refractivity contribution is -0.124. The zero-order valence-corrected chi connectivity index (χ0v) is 11.4. The van der Waals surface area contributed by atoms with E-state index in [4.69, 9.17) is 10.5 Å². The molecule has 3 N–H and O–H groups in total. The fourth-order valence-electron chi connectivity index (χ4n) is 2.52. The molecule has 0 saturated heterocycles. The molecular weight excluding hydrogens is 240 g/mol. The van der Waals surface area contributed by atoms with Crippen LogP contribution >= 0.6 is 0 Å². The standard InChI is InChI=1S/C15H22N2O2/c1-15(8-4-5-9-15)14(18)17-12-6-2-3-7-13(12)19-11-10-16/h2-3,6-7H,4-5,8-11,16H2,1H3,(H,17,18). The van der Waals surface area contributed by atoms with E-state index in [0.717, 1.165) is 31.4 Å². The van der Waals surface area contributed by atoms with Crippen LogP contribution in [0.5, 0.6) is 5.75 Å². The van der Waals surface area contributed by atoms with Crippen molar-refractivity contribution in [3.8, 4) is 5.75 Å². The number of anilines is 1. The van der Waals surface area contributed by atoms with E-state index >= 15 is 0 Å². The molecule has 0 unspecified atom stereocenters. The first kappa shape index (κ1) is 13.9. The molecule has 1 saturated carbocycles. The van der Waals surface area contributed by atoms with Crippen molar-refractivity contribution in [2.75, 3.05) is 18.5 Å². The molecule has 1 aromatic rings. The Hall–Kier alpha value is -1.55. The van der Waals surface area contributed by atoms with Crippen molar-refractivity contribution >= 4 is 11.6 Å². The van der Waals surface area contributed by atoms with Crippen molar-refractivity contribution in [2.45, 2.75) is 32.6 Å². The third-order valence-electron chi connectivity index (χ3n) is 3.77. The van der Waals surface area contributed by atoms with Crippen LogP contribution in [0.25, 0.3) is 0 Å². The zero-order valence-electron chi connectivity index (χ0n) is 11.4. The number of hydrogen-bond acceptors (Lipinski definition) is 3. The normalized spacial score (nSPS) is 17.2. The fraction of sp³-hybridized carbons (Fsp3) is 0.533. The van der Waals surface area contributed by atoms with Crippen LogP contribution in [0.1, 0.15) is 32.6 Å². The van der Waals surface area contributed by atoms with Gasteiger partial charge in [-0.15, -0.1) is 0 Å². The van der Waals surface area contributed by atoms with Crippen LogP contribution in [0.4, 0.5) is 5.69 Å². The van der Waals surface area contributed by atoms with Gasteiger partial charge < -0.3 is 15.8 Å². The minimum absolute atomic E-state index is 0.0915. The summed E-state index contributed by atoms with van der Waals surface area (Å²) in [5, 5.41) is 3.00. The quantitative estimate of drug-likeness (QED) is 0.857. The molecule has 0 bridgehead atoms. The average molecular weight is 262 g/mol. The summed E-state index contributed by atoms with van der Waals surface area (Å²) in [6, 6.07) is 7.49. The van der Waals surface area contributed by atoms with E-state index in [1.807, 2.05) is 31.2 Å². The van der Waals surface area contributed by atoms with Gasteiger partial charge in [0.1, 0.15) is 12.4 Å². The number of amides is 1. The second kappa shape index (κ2) is 6.06. The van der Waals surface area contributed by atoms with Crippen molar-refractivity contribution < 1.29 is 9.53 Å². The molecule has 0 aromatic heterocycles. The van der Waals surface area contributed by atoms with Gasteiger partial charge in [-0.3, -0.25) is 4.79 Å². The second-order valence-corrected chi connectivity index (χ2v) is 5.36. The maximum Gasteiger partial charge on any atom is 0.230 e. The summed E-state index contributed by atoms with van der Waals surface area (Å²) in [6.07, 6.45) is 4.19. The Balaban J connectivity index is 2.07. The topological polar surface area (TPSA) is 64.3 Å². The van der Waals surface area contributed by atoms with Gasteiger partial charge in [0.25, 0.3) is 0 Å². The molecule has 4 heteroatoms. The Bertz CT molecular complexity index is 440. The molecule has 4 nitrogen and oxygen atoms in total. The summed E-state index contributed by atoms with van der Waals surface area (Å²) in [5.74, 6) is 0.775. The van der Waals surface area contributed by atoms with Crippen LogP contribution in [-0.4, -0.2) is 19.1 Å². The summed E-state index contributed by atoms with van der Waals surface area (Å²) in [7, 11) is 0. The predicted molar refractivity (Wildman–Crippen MR) is 76.2 cm³/mol. The number of ether oxygens (including phenoxy) is 1. The summed E-state index contributed by atoms with van der Waals surface area (Å²) >= 11 is 0. The van der Waals surface area contributed by atoms with Gasteiger partial charge in [-0.2, -0.15) is 0 Å². The lowest BCUT2D eigenvalue weighted by Gasteiger charge is -2.23. The van der Waals surface area contributed by atoms with Crippen LogP contribution in [-0.2, 0) is 4.79 Å². The highest BCUT2D eigenvalue weighted by atomic mass is 16.5. The number of benzene rings is 1. The highest BCUT2D eigenvalue weighted by Gasteiger charge is 2.36. The molecule has 1 aliphatic carbocycles. The molecule has 19 heavy (non-hydrogen) atoms. The van der Waals surface area contributed by atoms with Crippen molar-refractivity contribution in [3.05, 3.63) is 24.3 Å². The molecule has 1 aliphatic rings. The van der Waals surface area contributed by atoms with E-state index in [9.17, 15) is 4.79 Å². The minimum Gasteiger partial charge on any atom is -0.490 e. The SMILES string of the molecule is CC1(C(=O)Nc2ccccc2OCCN)CCCC1. The lowest BCUT2D eigenvalue weighted by atomic mass is 9.88. The number of hydrogen-bond donors (Lipinski definition) is 2. The van der Waals surface area contributed by atoms with Crippen molar-refractivity contribution in [1.29, 1.82) is 0 Å². The molecule has 1 aromatic carbocycles. The largest absolute Gasteiger partial charge is 0.490 e. The minimum atomic E-state index is -0.235. The van der Waals surface area contributed by atoms with Gasteiger partial charge >= 0.3 is 0 Å². The molecule has 1 fully saturated rings. The van der Waals surface area contributed by atoms with Crippen molar-refractivity contribution in [1.82, 2.24) is 0 Å². The van der Waals surface area contributed by atoms with Crippen LogP contribution in [0, 0.1) is 5.41 Å². The highest BCUT2D eigenvalue weighted by molar-refractivity contribution is 5.96. The molecule has 104 valence electrons. The van der Waals surface area contributed by atoms with E-state index < -0.39 is 0 Å². The molecule has 0 atom stereocenters. The molecular formula is C15H22N2O2. The molecule has 0 aliphatic heterocycles. The molecule has 1 amide bonds. The molecule has 0 heterocycles. The third-order valence-corrected chi connectivity index (χ3v) is 3.77. The summed E-state index contributed by atoms with van der Waals surface area (Å²) < 4.78 is 5.54. The van der Waals surface area contributed by atoms with Crippen LogP contribution < -0.4 is 15.8 Å². The monoisotopic (exact) mass is 262 g/mol. The van der Waals surface area contributed by atoms with Gasteiger partial charge in [-0.25, -0.2) is 0 Å². The van der Waals surface area contributed by atoms with Crippen LogP contribution in [0.15, 0.2) is 24.3 Å². The first-order chi connectivity index (χ1) is 9.15. The van der Waals surface area contributed by atoms with Gasteiger partial charge in [-0.05, 0) is 25.0 Å². The first-order valence-electron chi connectivity index (χ1n) is 6.89. The third kappa shape index (κ3) is 3.26. The maximum absolute atomic E-state index is 12.4. The zero-order chi connectivity index (χ0) is 13.7. The number of nitrogens with one attached hydrogen (secondary N) is 1. The predicted octanol–water partition coefficient (Wildman–Crippen LogP) is 2.54. The van der Waals surface area contributed by atoms with Gasteiger partial charge in [0.2, 0.25) is 5.91 Å². The van der Waals surface area contributed by atoms with Crippen molar-refractivity contribution in [2.24, 2.45) is 11.1 Å². The number of carbonyl (C=O) groups is 1. The van der Waals surface area contributed by atoms with Gasteiger partial charge in [0.15, 0.2) is 0 Å². The average Bonchev–Trinajstić information content (AvgIpc) is 2.86. The number of nitrogens with two attached hydrogens (primary N) is 1. The van der Waals surface area contributed by atoms with E-state index in [0.29, 0.717) is 18.9 Å². The Morgan fingerprint density at radius 2 is 2.05 bits per heavy atom. The van der Waals surface area contributed by atoms with E-state index in [1.54, 1.807) is 0 Å². The fourth-order valence-corrected chi connectivity index (χ4v) is 2.52. The van der Waals surface area contributed by atoms with Crippen LogP contribution in [0.3, 0.4) is 0 Å². The summed E-state index contributed by atoms with van der Waals surface area (Å²) in [4.78, 5) is 12.4. The lowest BCUT2D eigenvalue weighted by Crippen LogP contribution is -2.31. The molecule has 0 spiro atoms. The Morgan fingerprint density at radius 3 is 2.74 bits per heavy atom. The molecule has 0 radical (unpaired) electrons. The van der Waals surface area contributed by atoms with Crippen molar-refractivity contribution in [3.63, 3.8) is 0 Å². The first-order valence-corrected chi connectivity index (χ1v) is 6.89. The summed E-state index contributed by atoms with van der Waals surface area (Å²) in [6.45, 7) is 2.95. The van der Waals surface area contributed by atoms with Crippen LogP contribution in [0.2, 0.25) is 0 Å². The van der Waals surface area contributed by atoms with Gasteiger partial charge in [0, 0.05) is 12.0 Å². The Labute approximate surface area is 114 Å². The second-order valence-electron chi connectivity index (χ2n) is 5.36. The molecule has 2 rings (SSSR count). The number of para-hydroxylation sites is 2. The smallest absolute Gasteiger partial charge is 0.230 e. The highest BCUT2D eigenvalue weighted by Crippen LogP contribution is 2.39. The Kier molecular flexibility index (Phi) is 4.43. The maximum atomic E-state index is 12.4. The summed E-state index contributed by atoms with van der Waals surface area (Å²) in [5.41, 5.74) is 5.93. The number of rotatable bonds is 5. The number of carbonyl (C=O) groups excluding carboxylic acids is 1. The van der Waals surface area contributed by atoms with Gasteiger partial charge in [-0.1, -0.05) is 31.9 Å². The van der Waals surface area contributed by atoms with E-state index in [-0.39, 0.29) is 11.3 Å².